The lowest BCUT2D eigenvalue weighted by Crippen LogP contribution is -2.43. The van der Waals surface area contributed by atoms with E-state index in [-0.39, 0.29) is 12.5 Å². The Morgan fingerprint density at radius 3 is 2.65 bits per heavy atom. The highest BCUT2D eigenvalue weighted by Crippen LogP contribution is 2.34. The first kappa shape index (κ1) is 15.1. The summed E-state index contributed by atoms with van der Waals surface area (Å²) in [5.74, 6) is 0.210. The minimum atomic E-state index is -4.36. The molecule has 112 valence electrons. The average molecular weight is 288 g/mol. The van der Waals surface area contributed by atoms with E-state index in [2.05, 4.69) is 0 Å². The molecule has 3 nitrogen and oxygen atoms in total. The average Bonchev–Trinajstić information content (AvgIpc) is 2.40. The van der Waals surface area contributed by atoms with Gasteiger partial charge in [0, 0.05) is 25.3 Å². The van der Waals surface area contributed by atoms with Gasteiger partial charge in [0.05, 0.1) is 11.7 Å². The van der Waals surface area contributed by atoms with Gasteiger partial charge in [-0.3, -0.25) is 0 Å². The van der Waals surface area contributed by atoms with Crippen LogP contribution in [0.15, 0.2) is 18.2 Å². The maximum Gasteiger partial charge on any atom is 0.416 e. The molecule has 1 fully saturated rings. The minimum Gasteiger partial charge on any atom is -0.391 e. The van der Waals surface area contributed by atoms with Crippen molar-refractivity contribution in [3.05, 3.63) is 29.3 Å². The number of rotatable bonds is 2. The Balaban J connectivity index is 2.28. The molecule has 0 radical (unpaired) electrons. The van der Waals surface area contributed by atoms with E-state index >= 15 is 0 Å². The van der Waals surface area contributed by atoms with E-state index in [0.29, 0.717) is 17.8 Å². The largest absolute Gasteiger partial charge is 0.416 e. The molecule has 1 heterocycles. The lowest BCUT2D eigenvalue weighted by Gasteiger charge is -2.37. The van der Waals surface area contributed by atoms with E-state index < -0.39 is 17.8 Å². The Bertz CT molecular complexity index is 476. The zero-order valence-electron chi connectivity index (χ0n) is 11.3. The Kier molecular flexibility index (Phi) is 4.25. The van der Waals surface area contributed by atoms with Crippen LogP contribution in [0.1, 0.15) is 24.5 Å². The van der Waals surface area contributed by atoms with Crippen molar-refractivity contribution in [1.82, 2.24) is 0 Å². The topological polar surface area (TPSA) is 49.5 Å². The molecule has 1 aliphatic rings. The van der Waals surface area contributed by atoms with Gasteiger partial charge in [-0.25, -0.2) is 0 Å². The number of anilines is 1. The van der Waals surface area contributed by atoms with Gasteiger partial charge in [0.2, 0.25) is 0 Å². The molecule has 0 bridgehead atoms. The van der Waals surface area contributed by atoms with Gasteiger partial charge in [0.1, 0.15) is 0 Å². The number of hydrogen-bond donors (Lipinski definition) is 2. The fourth-order valence-corrected chi connectivity index (χ4v) is 2.50. The number of aliphatic hydroxyl groups is 1. The van der Waals surface area contributed by atoms with Crippen molar-refractivity contribution in [2.24, 2.45) is 11.7 Å². The molecule has 2 atom stereocenters. The Morgan fingerprint density at radius 1 is 1.40 bits per heavy atom. The quantitative estimate of drug-likeness (QED) is 0.878. The first-order valence-electron chi connectivity index (χ1n) is 6.66. The maximum atomic E-state index is 12.7. The standard InChI is InChI=1S/C14H19F3N2O/c1-9-4-5-19(8-13(9)20)12-3-2-11(14(15,16)17)6-10(12)7-18/h2-3,6,9,13,20H,4-5,7-8,18H2,1H3. The van der Waals surface area contributed by atoms with Crippen LogP contribution in [0.2, 0.25) is 0 Å². The predicted molar refractivity (Wildman–Crippen MR) is 71.3 cm³/mol. The molecular weight excluding hydrogens is 269 g/mol. The summed E-state index contributed by atoms with van der Waals surface area (Å²) in [5, 5.41) is 9.90. The summed E-state index contributed by atoms with van der Waals surface area (Å²) in [4.78, 5) is 1.91. The molecule has 6 heteroatoms. The summed E-state index contributed by atoms with van der Waals surface area (Å²) < 4.78 is 38.1. The molecule has 0 saturated carbocycles. The van der Waals surface area contributed by atoms with E-state index in [1.807, 2.05) is 11.8 Å². The Labute approximate surface area is 116 Å². The normalized spacial score (nSPS) is 24.0. The van der Waals surface area contributed by atoms with Gasteiger partial charge < -0.3 is 15.7 Å². The summed E-state index contributed by atoms with van der Waals surface area (Å²) in [5.41, 5.74) is 6.03. The lowest BCUT2D eigenvalue weighted by molar-refractivity contribution is -0.137. The molecule has 3 N–H and O–H groups in total. The molecule has 0 aromatic heterocycles. The monoisotopic (exact) mass is 288 g/mol. The number of piperidine rings is 1. The van der Waals surface area contributed by atoms with Crippen LogP contribution in [0.25, 0.3) is 0 Å². The second-order valence-corrected chi connectivity index (χ2v) is 5.32. The van der Waals surface area contributed by atoms with Crippen molar-refractivity contribution < 1.29 is 18.3 Å². The molecule has 0 aliphatic carbocycles. The SMILES string of the molecule is CC1CCN(c2ccc(C(F)(F)F)cc2CN)CC1O. The highest BCUT2D eigenvalue weighted by Gasteiger charge is 2.32. The molecule has 1 saturated heterocycles. The third-order valence-corrected chi connectivity index (χ3v) is 3.89. The second kappa shape index (κ2) is 5.61. The minimum absolute atomic E-state index is 0.0431. The predicted octanol–water partition coefficient (Wildman–Crippen LogP) is 2.37. The van der Waals surface area contributed by atoms with Crippen LogP contribution in [0, 0.1) is 5.92 Å². The number of hydrogen-bond acceptors (Lipinski definition) is 3. The highest BCUT2D eigenvalue weighted by atomic mass is 19.4. The highest BCUT2D eigenvalue weighted by molar-refractivity contribution is 5.56. The smallest absolute Gasteiger partial charge is 0.391 e. The van der Waals surface area contributed by atoms with Crippen LogP contribution in [-0.4, -0.2) is 24.3 Å². The summed E-state index contributed by atoms with van der Waals surface area (Å²) in [6.45, 7) is 3.16. The van der Waals surface area contributed by atoms with Crippen molar-refractivity contribution in [1.29, 1.82) is 0 Å². The van der Waals surface area contributed by atoms with Crippen LogP contribution in [0.5, 0.6) is 0 Å². The number of β-amino-alcohol motifs (C(OH)–C–C–N with tert-alkyl or cyclic N) is 1. The van der Waals surface area contributed by atoms with Gasteiger partial charge in [0.15, 0.2) is 0 Å². The van der Waals surface area contributed by atoms with Gasteiger partial charge in [-0.15, -0.1) is 0 Å². The first-order valence-corrected chi connectivity index (χ1v) is 6.66. The molecule has 0 amide bonds. The molecule has 20 heavy (non-hydrogen) atoms. The number of nitrogens with two attached hydrogens (primary N) is 1. The Hall–Kier alpha value is -1.27. The van der Waals surface area contributed by atoms with Crippen molar-refractivity contribution in [2.75, 3.05) is 18.0 Å². The van der Waals surface area contributed by atoms with Crippen molar-refractivity contribution >= 4 is 5.69 Å². The van der Waals surface area contributed by atoms with E-state index in [4.69, 9.17) is 5.73 Å². The van der Waals surface area contributed by atoms with Crippen LogP contribution >= 0.6 is 0 Å². The van der Waals surface area contributed by atoms with Crippen molar-refractivity contribution in [3.8, 4) is 0 Å². The number of aliphatic hydroxyl groups excluding tert-OH is 1. The molecule has 1 aliphatic heterocycles. The fourth-order valence-electron chi connectivity index (χ4n) is 2.50. The molecule has 2 rings (SSSR count). The van der Waals surface area contributed by atoms with Crippen LogP contribution in [-0.2, 0) is 12.7 Å². The molecular formula is C14H19F3N2O. The summed E-state index contributed by atoms with van der Waals surface area (Å²) in [6, 6.07) is 3.62. The van der Waals surface area contributed by atoms with E-state index in [1.165, 1.54) is 6.07 Å². The lowest BCUT2D eigenvalue weighted by atomic mass is 9.95. The molecule has 2 unspecified atom stereocenters. The summed E-state index contributed by atoms with van der Waals surface area (Å²) in [7, 11) is 0. The summed E-state index contributed by atoms with van der Waals surface area (Å²) >= 11 is 0. The van der Waals surface area contributed by atoms with Crippen molar-refractivity contribution in [2.45, 2.75) is 32.2 Å². The van der Waals surface area contributed by atoms with Gasteiger partial charge in [-0.05, 0) is 36.1 Å². The van der Waals surface area contributed by atoms with Crippen LogP contribution in [0.4, 0.5) is 18.9 Å². The molecule has 1 aromatic rings. The van der Waals surface area contributed by atoms with Gasteiger partial charge in [0.25, 0.3) is 0 Å². The summed E-state index contributed by atoms with van der Waals surface area (Å²) in [6.07, 6.45) is -4.01. The molecule has 0 spiro atoms. The third-order valence-electron chi connectivity index (χ3n) is 3.89. The third kappa shape index (κ3) is 3.07. The number of halogens is 3. The second-order valence-electron chi connectivity index (χ2n) is 5.32. The van der Waals surface area contributed by atoms with Crippen LogP contribution < -0.4 is 10.6 Å². The maximum absolute atomic E-state index is 12.7. The van der Waals surface area contributed by atoms with Crippen LogP contribution in [0.3, 0.4) is 0 Å². The van der Waals surface area contributed by atoms with E-state index in [1.54, 1.807) is 0 Å². The number of alkyl halides is 3. The van der Waals surface area contributed by atoms with E-state index in [9.17, 15) is 18.3 Å². The number of nitrogens with zero attached hydrogens (tertiary/aromatic N) is 1. The van der Waals surface area contributed by atoms with Gasteiger partial charge in [-0.2, -0.15) is 13.2 Å². The Morgan fingerprint density at radius 2 is 2.10 bits per heavy atom. The fraction of sp³-hybridized carbons (Fsp3) is 0.571. The number of benzene rings is 1. The van der Waals surface area contributed by atoms with E-state index in [0.717, 1.165) is 25.1 Å². The van der Waals surface area contributed by atoms with Gasteiger partial charge >= 0.3 is 6.18 Å². The first-order chi connectivity index (χ1) is 9.32. The zero-order valence-corrected chi connectivity index (χ0v) is 11.3. The van der Waals surface area contributed by atoms with Crippen molar-refractivity contribution in [3.63, 3.8) is 0 Å². The zero-order chi connectivity index (χ0) is 14.9. The molecule has 1 aromatic carbocycles. The van der Waals surface area contributed by atoms with Gasteiger partial charge in [-0.1, -0.05) is 6.92 Å².